The van der Waals surface area contributed by atoms with Gasteiger partial charge in [0.15, 0.2) is 0 Å². The zero-order chi connectivity index (χ0) is 18.3. The van der Waals surface area contributed by atoms with E-state index in [0.29, 0.717) is 50.7 Å². The maximum absolute atomic E-state index is 13.5. The van der Waals surface area contributed by atoms with Gasteiger partial charge < -0.3 is 24.2 Å². The van der Waals surface area contributed by atoms with E-state index in [4.69, 9.17) is 14.2 Å². The molecule has 0 aliphatic carbocycles. The van der Waals surface area contributed by atoms with Gasteiger partial charge in [-0.1, -0.05) is 12.1 Å². The molecule has 0 radical (unpaired) electrons. The SMILES string of the molecule is COc1cccc(C)c1C(=O)N1C[C@@H]2COCC[C@]2(O)[C@H]2COCC[C@H]21. The number of likely N-dealkylation sites (tertiary alicyclic amines) is 1. The van der Waals surface area contributed by atoms with Crippen molar-refractivity contribution in [2.24, 2.45) is 11.8 Å². The van der Waals surface area contributed by atoms with Crippen molar-refractivity contribution in [2.75, 3.05) is 40.1 Å². The molecule has 3 heterocycles. The molecular weight excluding hydrogens is 334 g/mol. The van der Waals surface area contributed by atoms with Crippen LogP contribution in [0.25, 0.3) is 0 Å². The second-order valence-corrected chi connectivity index (χ2v) is 7.66. The first-order valence-corrected chi connectivity index (χ1v) is 9.38. The summed E-state index contributed by atoms with van der Waals surface area (Å²) in [5, 5.41) is 11.4. The van der Waals surface area contributed by atoms with Gasteiger partial charge in [-0.05, 0) is 25.0 Å². The summed E-state index contributed by atoms with van der Waals surface area (Å²) in [5.74, 6) is 0.417. The van der Waals surface area contributed by atoms with Crippen LogP contribution in [0.5, 0.6) is 5.75 Å². The monoisotopic (exact) mass is 361 g/mol. The second-order valence-electron chi connectivity index (χ2n) is 7.66. The van der Waals surface area contributed by atoms with E-state index in [1.807, 2.05) is 30.0 Å². The van der Waals surface area contributed by atoms with Crippen molar-refractivity contribution in [3.05, 3.63) is 29.3 Å². The van der Waals surface area contributed by atoms with Gasteiger partial charge in [0.25, 0.3) is 5.91 Å². The summed E-state index contributed by atoms with van der Waals surface area (Å²) in [6.07, 6.45) is 1.36. The van der Waals surface area contributed by atoms with Crippen molar-refractivity contribution < 1.29 is 24.1 Å². The lowest BCUT2D eigenvalue weighted by molar-refractivity contribution is -0.212. The Labute approximate surface area is 154 Å². The van der Waals surface area contributed by atoms with Crippen molar-refractivity contribution in [1.29, 1.82) is 0 Å². The molecule has 1 N–H and O–H groups in total. The molecule has 3 aliphatic rings. The Balaban J connectivity index is 1.71. The number of carbonyl (C=O) groups excluding carboxylic acids is 1. The Bertz CT molecular complexity index is 693. The molecule has 3 aliphatic heterocycles. The normalized spacial score (nSPS) is 34.0. The Kier molecular flexibility index (Phi) is 4.67. The number of amides is 1. The highest BCUT2D eigenvalue weighted by Gasteiger charge is 2.56. The van der Waals surface area contributed by atoms with Crippen LogP contribution in [0.4, 0.5) is 0 Å². The standard InChI is InChI=1S/C20H27NO5/c1-13-4-3-5-17(24-2)18(13)19(22)21-10-14-11-26-9-7-20(14,23)15-12-25-8-6-16(15)21/h3-5,14-16,23H,6-12H2,1-2H3/t14-,15+,16-,20-/m1/s1. The maximum Gasteiger partial charge on any atom is 0.258 e. The van der Waals surface area contributed by atoms with E-state index in [1.165, 1.54) is 0 Å². The van der Waals surface area contributed by atoms with Gasteiger partial charge >= 0.3 is 0 Å². The summed E-state index contributed by atoms with van der Waals surface area (Å²) < 4.78 is 16.8. The molecule has 0 bridgehead atoms. The Morgan fingerprint density at radius 3 is 2.92 bits per heavy atom. The lowest BCUT2D eigenvalue weighted by Crippen LogP contribution is -2.68. The van der Waals surface area contributed by atoms with Crippen molar-refractivity contribution in [3.8, 4) is 5.75 Å². The molecule has 0 aromatic heterocycles. The predicted molar refractivity (Wildman–Crippen MR) is 95.4 cm³/mol. The minimum atomic E-state index is -0.810. The molecule has 6 nitrogen and oxygen atoms in total. The van der Waals surface area contributed by atoms with Gasteiger partial charge in [-0.2, -0.15) is 0 Å². The fourth-order valence-electron chi connectivity index (χ4n) is 4.92. The minimum absolute atomic E-state index is 0.0140. The third kappa shape index (κ3) is 2.71. The van der Waals surface area contributed by atoms with Crippen LogP contribution in [0.3, 0.4) is 0 Å². The summed E-state index contributed by atoms with van der Waals surface area (Å²) in [7, 11) is 1.59. The first kappa shape index (κ1) is 17.8. The summed E-state index contributed by atoms with van der Waals surface area (Å²) in [4.78, 5) is 15.5. The summed E-state index contributed by atoms with van der Waals surface area (Å²) in [6.45, 7) is 4.60. The quantitative estimate of drug-likeness (QED) is 0.867. The average Bonchev–Trinajstić information content (AvgIpc) is 2.66. The highest BCUT2D eigenvalue weighted by atomic mass is 16.5. The van der Waals surface area contributed by atoms with Crippen LogP contribution in [0.2, 0.25) is 0 Å². The van der Waals surface area contributed by atoms with Crippen molar-refractivity contribution in [2.45, 2.75) is 31.4 Å². The molecule has 1 aromatic rings. The van der Waals surface area contributed by atoms with Crippen molar-refractivity contribution in [3.63, 3.8) is 0 Å². The number of ether oxygens (including phenoxy) is 3. The first-order chi connectivity index (χ1) is 12.6. The van der Waals surface area contributed by atoms with Crippen LogP contribution in [-0.2, 0) is 9.47 Å². The van der Waals surface area contributed by atoms with E-state index in [-0.39, 0.29) is 23.8 Å². The molecule has 3 fully saturated rings. The lowest BCUT2D eigenvalue weighted by atomic mass is 9.66. The predicted octanol–water partition coefficient (Wildman–Crippen LogP) is 1.63. The summed E-state index contributed by atoms with van der Waals surface area (Å²) >= 11 is 0. The third-order valence-electron chi connectivity index (χ3n) is 6.38. The molecule has 1 aromatic carbocycles. The number of piperidine rings is 1. The average molecular weight is 361 g/mol. The number of aryl methyl sites for hydroxylation is 1. The van der Waals surface area contributed by atoms with Gasteiger partial charge in [-0.3, -0.25) is 4.79 Å². The molecule has 0 unspecified atom stereocenters. The number of rotatable bonds is 2. The fourth-order valence-corrected chi connectivity index (χ4v) is 4.92. The number of fused-ring (bicyclic) bond motifs is 3. The highest BCUT2D eigenvalue weighted by Crippen LogP contribution is 2.45. The van der Waals surface area contributed by atoms with Crippen LogP contribution < -0.4 is 4.74 Å². The summed E-state index contributed by atoms with van der Waals surface area (Å²) in [6, 6.07) is 5.64. The molecule has 4 atom stereocenters. The number of methoxy groups -OCH3 is 1. The number of hydrogen-bond donors (Lipinski definition) is 1. The van der Waals surface area contributed by atoms with Gasteiger partial charge in [0.2, 0.25) is 0 Å². The number of aliphatic hydroxyl groups is 1. The number of hydrogen-bond acceptors (Lipinski definition) is 5. The van der Waals surface area contributed by atoms with Crippen LogP contribution in [-0.4, -0.2) is 67.6 Å². The number of nitrogens with zero attached hydrogens (tertiary/aromatic N) is 1. The number of benzene rings is 1. The van der Waals surface area contributed by atoms with Gasteiger partial charge in [0.05, 0.1) is 31.5 Å². The van der Waals surface area contributed by atoms with E-state index in [9.17, 15) is 9.90 Å². The van der Waals surface area contributed by atoms with E-state index in [0.717, 1.165) is 12.0 Å². The molecular formula is C20H27NO5. The Hall–Kier alpha value is -1.63. The zero-order valence-corrected chi connectivity index (χ0v) is 15.4. The molecule has 6 heteroatoms. The Morgan fingerprint density at radius 1 is 1.31 bits per heavy atom. The molecule has 26 heavy (non-hydrogen) atoms. The smallest absolute Gasteiger partial charge is 0.258 e. The van der Waals surface area contributed by atoms with Crippen LogP contribution >= 0.6 is 0 Å². The maximum atomic E-state index is 13.5. The highest BCUT2D eigenvalue weighted by molar-refractivity contribution is 5.98. The Morgan fingerprint density at radius 2 is 2.12 bits per heavy atom. The third-order valence-corrected chi connectivity index (χ3v) is 6.38. The molecule has 142 valence electrons. The molecule has 4 rings (SSSR count). The second kappa shape index (κ2) is 6.83. The van der Waals surface area contributed by atoms with E-state index < -0.39 is 5.60 Å². The first-order valence-electron chi connectivity index (χ1n) is 9.38. The lowest BCUT2D eigenvalue weighted by Gasteiger charge is -2.57. The van der Waals surface area contributed by atoms with Gasteiger partial charge in [0, 0.05) is 44.1 Å². The van der Waals surface area contributed by atoms with Crippen LogP contribution in [0, 0.1) is 18.8 Å². The van der Waals surface area contributed by atoms with E-state index in [2.05, 4.69) is 0 Å². The van der Waals surface area contributed by atoms with E-state index >= 15 is 0 Å². The largest absolute Gasteiger partial charge is 0.496 e. The van der Waals surface area contributed by atoms with Crippen molar-refractivity contribution in [1.82, 2.24) is 4.90 Å². The fraction of sp³-hybridized carbons (Fsp3) is 0.650. The zero-order valence-electron chi connectivity index (χ0n) is 15.4. The molecule has 1 amide bonds. The molecule has 0 saturated carbocycles. The van der Waals surface area contributed by atoms with Gasteiger partial charge in [-0.15, -0.1) is 0 Å². The van der Waals surface area contributed by atoms with Crippen LogP contribution in [0.1, 0.15) is 28.8 Å². The molecule has 3 saturated heterocycles. The molecule has 0 spiro atoms. The van der Waals surface area contributed by atoms with Gasteiger partial charge in [0.1, 0.15) is 5.75 Å². The topological polar surface area (TPSA) is 68.2 Å². The van der Waals surface area contributed by atoms with Crippen molar-refractivity contribution >= 4 is 5.91 Å². The van der Waals surface area contributed by atoms with Gasteiger partial charge in [-0.25, -0.2) is 0 Å². The van der Waals surface area contributed by atoms with Crippen LogP contribution in [0.15, 0.2) is 18.2 Å². The van der Waals surface area contributed by atoms with E-state index in [1.54, 1.807) is 7.11 Å². The summed E-state index contributed by atoms with van der Waals surface area (Å²) in [5.41, 5.74) is 0.705. The number of carbonyl (C=O) groups is 1. The minimum Gasteiger partial charge on any atom is -0.496 e.